The lowest BCUT2D eigenvalue weighted by molar-refractivity contribution is -0.0940. The summed E-state index contributed by atoms with van der Waals surface area (Å²) < 4.78 is 20.3. The Morgan fingerprint density at radius 3 is 2.45 bits per heavy atom. The molecule has 0 aliphatic carbocycles. The molecule has 40 heavy (non-hydrogen) atoms. The monoisotopic (exact) mass is 575 g/mol. The smallest absolute Gasteiger partial charge is 0.183 e. The zero-order valence-electron chi connectivity index (χ0n) is 23.5. The van der Waals surface area contributed by atoms with Crippen LogP contribution in [0.4, 0.5) is 4.39 Å². The molecule has 2 aromatic carbocycles. The molecule has 0 saturated carbocycles. The van der Waals surface area contributed by atoms with Gasteiger partial charge in [-0.2, -0.15) is 0 Å². The first-order valence-electron chi connectivity index (χ1n) is 14.0. The first-order valence-corrected chi connectivity index (χ1v) is 14.9. The maximum Gasteiger partial charge on any atom is 0.183 e. The van der Waals surface area contributed by atoms with Gasteiger partial charge < -0.3 is 25.1 Å². The van der Waals surface area contributed by atoms with E-state index in [0.29, 0.717) is 32.7 Å². The standard InChI is InChI=1S/C16H23N3O2S.C13H19FN2O2/c1-12-18-15-10-14(2-3-16(15)22-12)21-9-4-13(20)11-19-7-5-17-6-8-19;1-11(17)10-15-6-8-16(9-7-15)18-13-5-3-2-4-12(13)14/h2-3,10,13,17,20H,4-9,11H2,1H3;2-5,11,17H,6-10H2,1H3. The Balaban J connectivity index is 0.000000189. The maximum absolute atomic E-state index is 13.4. The molecule has 2 atom stereocenters. The van der Waals surface area contributed by atoms with Gasteiger partial charge in [0, 0.05) is 77.9 Å². The molecule has 2 fully saturated rings. The molecule has 0 bridgehead atoms. The van der Waals surface area contributed by atoms with Gasteiger partial charge in [0.05, 0.1) is 34.0 Å². The zero-order chi connectivity index (χ0) is 28.3. The van der Waals surface area contributed by atoms with E-state index < -0.39 is 0 Å². The van der Waals surface area contributed by atoms with E-state index in [1.165, 1.54) is 10.8 Å². The van der Waals surface area contributed by atoms with Gasteiger partial charge in [0.15, 0.2) is 11.6 Å². The van der Waals surface area contributed by atoms with Crippen LogP contribution < -0.4 is 14.9 Å². The number of β-amino-alcohol motifs (C(OH)–C–C–N with tert-alkyl or cyclic N) is 2. The largest absolute Gasteiger partial charge is 0.493 e. The second-order valence-electron chi connectivity index (χ2n) is 10.3. The number of hydrogen-bond acceptors (Lipinski definition) is 10. The number of benzene rings is 2. The molecule has 3 heterocycles. The Morgan fingerprint density at radius 2 is 1.73 bits per heavy atom. The summed E-state index contributed by atoms with van der Waals surface area (Å²) >= 11 is 1.69. The summed E-state index contributed by atoms with van der Waals surface area (Å²) in [6.07, 6.45) is 0.00491. The van der Waals surface area contributed by atoms with Gasteiger partial charge in [-0.05, 0) is 38.1 Å². The lowest BCUT2D eigenvalue weighted by atomic mass is 10.2. The van der Waals surface area contributed by atoms with Crippen molar-refractivity contribution >= 4 is 21.6 Å². The number of rotatable bonds is 10. The number of para-hydroxylation sites is 1. The Hall–Kier alpha value is -2.38. The molecule has 11 heteroatoms. The maximum atomic E-state index is 13.4. The van der Waals surface area contributed by atoms with E-state index in [-0.39, 0.29) is 23.8 Å². The highest BCUT2D eigenvalue weighted by Gasteiger charge is 2.20. The number of ether oxygens (including phenoxy) is 1. The van der Waals surface area contributed by atoms with E-state index >= 15 is 0 Å². The number of fused-ring (bicyclic) bond motifs is 1. The Morgan fingerprint density at radius 1 is 1.00 bits per heavy atom. The van der Waals surface area contributed by atoms with Gasteiger partial charge in [-0.25, -0.2) is 9.37 Å². The molecular weight excluding hydrogens is 533 g/mol. The second kappa shape index (κ2) is 15.6. The molecule has 2 unspecified atom stereocenters. The van der Waals surface area contributed by atoms with Gasteiger partial charge in [0.25, 0.3) is 0 Å². The van der Waals surface area contributed by atoms with Crippen molar-refractivity contribution in [3.63, 3.8) is 0 Å². The summed E-state index contributed by atoms with van der Waals surface area (Å²) in [5.74, 6) is 0.748. The summed E-state index contributed by atoms with van der Waals surface area (Å²) in [6.45, 7) is 12.8. The third kappa shape index (κ3) is 9.91. The van der Waals surface area contributed by atoms with Crippen molar-refractivity contribution in [1.29, 1.82) is 0 Å². The molecule has 2 aliphatic rings. The van der Waals surface area contributed by atoms with Crippen molar-refractivity contribution in [2.75, 3.05) is 72.1 Å². The molecule has 220 valence electrons. The molecule has 3 aromatic rings. The number of aliphatic hydroxyl groups is 2. The third-order valence-electron chi connectivity index (χ3n) is 6.78. The molecule has 0 amide bonds. The Bertz CT molecular complexity index is 1170. The number of aromatic nitrogens is 1. The number of hydroxylamine groups is 2. The van der Waals surface area contributed by atoms with Crippen molar-refractivity contribution < 1.29 is 24.2 Å². The van der Waals surface area contributed by atoms with Gasteiger partial charge in [-0.15, -0.1) is 16.4 Å². The number of aryl methyl sites for hydroxylation is 1. The fraction of sp³-hybridized carbons (Fsp3) is 0.552. The fourth-order valence-corrected chi connectivity index (χ4v) is 5.55. The normalized spacial score (nSPS) is 18.6. The molecule has 0 spiro atoms. The molecule has 9 nitrogen and oxygen atoms in total. The van der Waals surface area contributed by atoms with Crippen LogP contribution in [0.1, 0.15) is 18.4 Å². The average molecular weight is 576 g/mol. The minimum Gasteiger partial charge on any atom is -0.493 e. The fourth-order valence-electron chi connectivity index (χ4n) is 4.74. The van der Waals surface area contributed by atoms with E-state index in [2.05, 4.69) is 20.1 Å². The second-order valence-corrected chi connectivity index (χ2v) is 11.5. The summed E-state index contributed by atoms with van der Waals surface area (Å²) in [4.78, 5) is 14.4. The molecule has 0 radical (unpaired) electrons. The predicted molar refractivity (Wildman–Crippen MR) is 157 cm³/mol. The molecule has 2 saturated heterocycles. The van der Waals surface area contributed by atoms with Crippen molar-refractivity contribution in [2.45, 2.75) is 32.5 Å². The molecule has 3 N–H and O–H groups in total. The van der Waals surface area contributed by atoms with Crippen molar-refractivity contribution in [3.8, 4) is 11.5 Å². The average Bonchev–Trinajstić information content (AvgIpc) is 3.31. The van der Waals surface area contributed by atoms with Crippen LogP contribution in [0.25, 0.3) is 10.2 Å². The van der Waals surface area contributed by atoms with E-state index in [9.17, 15) is 14.6 Å². The first-order chi connectivity index (χ1) is 19.4. The molecule has 1 aromatic heterocycles. The minimum atomic E-state index is -0.344. The number of nitrogens with zero attached hydrogens (tertiary/aromatic N) is 4. The lowest BCUT2D eigenvalue weighted by Gasteiger charge is -2.34. The van der Waals surface area contributed by atoms with Gasteiger partial charge in [0.2, 0.25) is 0 Å². The summed E-state index contributed by atoms with van der Waals surface area (Å²) in [7, 11) is 0. The van der Waals surface area contributed by atoms with Crippen LogP contribution >= 0.6 is 11.3 Å². The van der Waals surface area contributed by atoms with Crippen LogP contribution in [0.15, 0.2) is 42.5 Å². The van der Waals surface area contributed by atoms with Crippen LogP contribution in [0.3, 0.4) is 0 Å². The number of halogens is 1. The first kappa shape index (κ1) is 30.6. The van der Waals surface area contributed by atoms with E-state index in [4.69, 9.17) is 9.57 Å². The van der Waals surface area contributed by atoms with E-state index in [1.807, 2.05) is 25.1 Å². The molecular formula is C29H42FN5O4S. The highest BCUT2D eigenvalue weighted by Crippen LogP contribution is 2.25. The van der Waals surface area contributed by atoms with Crippen molar-refractivity contribution in [3.05, 3.63) is 53.3 Å². The molecule has 5 rings (SSSR count). The number of nitrogens with one attached hydrogen (secondary N) is 1. The number of hydrogen-bond donors (Lipinski definition) is 3. The van der Waals surface area contributed by atoms with Crippen molar-refractivity contribution in [2.24, 2.45) is 0 Å². The number of thiazole rings is 1. The number of aliphatic hydroxyl groups excluding tert-OH is 2. The lowest BCUT2D eigenvalue weighted by Crippen LogP contribution is -2.49. The highest BCUT2D eigenvalue weighted by molar-refractivity contribution is 7.18. The van der Waals surface area contributed by atoms with Crippen molar-refractivity contribution in [1.82, 2.24) is 25.2 Å². The Labute approximate surface area is 240 Å². The molecule has 2 aliphatic heterocycles. The van der Waals surface area contributed by atoms with Gasteiger partial charge >= 0.3 is 0 Å². The van der Waals surface area contributed by atoms with Crippen LogP contribution in [-0.2, 0) is 0 Å². The van der Waals surface area contributed by atoms with E-state index in [1.54, 1.807) is 41.5 Å². The predicted octanol–water partition coefficient (Wildman–Crippen LogP) is 2.76. The third-order valence-corrected chi connectivity index (χ3v) is 7.73. The summed E-state index contributed by atoms with van der Waals surface area (Å²) in [5.41, 5.74) is 0.987. The number of piperazine rings is 2. The van der Waals surface area contributed by atoms with Gasteiger partial charge in [-0.3, -0.25) is 9.80 Å². The van der Waals surface area contributed by atoms with Crippen LogP contribution in [0.5, 0.6) is 11.5 Å². The Kier molecular flexibility index (Phi) is 11.9. The highest BCUT2D eigenvalue weighted by atomic mass is 32.1. The summed E-state index contributed by atoms with van der Waals surface area (Å²) in [5, 5.41) is 25.6. The zero-order valence-corrected chi connectivity index (χ0v) is 24.3. The topological polar surface area (TPSA) is 93.6 Å². The van der Waals surface area contributed by atoms with Gasteiger partial charge in [0.1, 0.15) is 5.75 Å². The van der Waals surface area contributed by atoms with Crippen LogP contribution in [0, 0.1) is 12.7 Å². The minimum absolute atomic E-state index is 0.265. The SMILES string of the molecule is CC(O)CN1CCN(Oc2ccccc2F)CC1.Cc1nc2cc(OCCC(O)CN3CCNCC3)ccc2s1. The summed E-state index contributed by atoms with van der Waals surface area (Å²) in [6, 6.07) is 12.4. The van der Waals surface area contributed by atoms with Crippen LogP contribution in [0.2, 0.25) is 0 Å². The van der Waals surface area contributed by atoms with E-state index in [0.717, 1.165) is 62.1 Å². The van der Waals surface area contributed by atoms with Gasteiger partial charge in [-0.1, -0.05) is 12.1 Å². The quantitative estimate of drug-likeness (QED) is 0.338. The van der Waals surface area contributed by atoms with Crippen LogP contribution in [-0.4, -0.2) is 114 Å².